The molecule has 20 heavy (non-hydrogen) atoms. The first-order valence-electron chi connectivity index (χ1n) is 7.08. The molecule has 2 rings (SSSR count). The molecule has 1 aliphatic rings. The molecule has 1 fully saturated rings. The number of piperazine rings is 1. The van der Waals surface area contributed by atoms with Crippen molar-refractivity contribution in [3.63, 3.8) is 0 Å². The van der Waals surface area contributed by atoms with Crippen LogP contribution in [-0.4, -0.2) is 24.7 Å². The van der Waals surface area contributed by atoms with Gasteiger partial charge in [-0.1, -0.05) is 29.8 Å². The summed E-state index contributed by atoms with van der Waals surface area (Å²) < 4.78 is 28.8. The van der Waals surface area contributed by atoms with Gasteiger partial charge in [-0.15, -0.1) is 0 Å². The van der Waals surface area contributed by atoms with E-state index in [1.54, 1.807) is 0 Å². The molecular formula is C15H21BrF2N2. The third-order valence-electron chi connectivity index (χ3n) is 4.40. The van der Waals surface area contributed by atoms with Crippen LogP contribution in [0.1, 0.15) is 33.6 Å². The van der Waals surface area contributed by atoms with Gasteiger partial charge in [0.2, 0.25) is 0 Å². The maximum absolute atomic E-state index is 14.2. The van der Waals surface area contributed by atoms with E-state index in [4.69, 9.17) is 0 Å². The highest BCUT2D eigenvalue weighted by molar-refractivity contribution is 9.10. The molecule has 1 aliphatic heterocycles. The van der Waals surface area contributed by atoms with Gasteiger partial charge in [-0.3, -0.25) is 0 Å². The Morgan fingerprint density at radius 1 is 1.30 bits per heavy atom. The summed E-state index contributed by atoms with van der Waals surface area (Å²) in [5.41, 5.74) is 0.0202. The van der Waals surface area contributed by atoms with E-state index in [0.717, 1.165) is 19.4 Å². The van der Waals surface area contributed by atoms with E-state index in [-0.39, 0.29) is 17.3 Å². The Morgan fingerprint density at radius 2 is 1.85 bits per heavy atom. The molecule has 1 aromatic carbocycles. The molecule has 0 aromatic heterocycles. The van der Waals surface area contributed by atoms with Gasteiger partial charge in [0.15, 0.2) is 11.6 Å². The van der Waals surface area contributed by atoms with Crippen LogP contribution in [-0.2, 0) is 0 Å². The van der Waals surface area contributed by atoms with Crippen molar-refractivity contribution in [2.24, 2.45) is 0 Å². The van der Waals surface area contributed by atoms with Gasteiger partial charge in [0.05, 0.1) is 0 Å². The summed E-state index contributed by atoms with van der Waals surface area (Å²) >= 11 is 3.13. The molecule has 1 unspecified atom stereocenters. The number of benzene rings is 1. The summed E-state index contributed by atoms with van der Waals surface area (Å²) in [6.07, 6.45) is 1.87. The fraction of sp³-hybridized carbons (Fsp3) is 0.600. The summed E-state index contributed by atoms with van der Waals surface area (Å²) in [7, 11) is 0. The molecule has 1 N–H and O–H groups in total. The fourth-order valence-electron chi connectivity index (χ4n) is 2.84. The summed E-state index contributed by atoms with van der Waals surface area (Å²) in [6.45, 7) is 7.56. The number of nitrogens with one attached hydrogen (secondary N) is 1. The summed E-state index contributed by atoms with van der Waals surface area (Å²) in [5, 5.41) is 3.54. The lowest BCUT2D eigenvalue weighted by atomic mass is 9.88. The third-order valence-corrected chi connectivity index (χ3v) is 4.86. The Balaban J connectivity index is 2.40. The SMILES string of the molecule is CCC1(CC)CN(c2c(F)cc(Br)cc2F)C(C)CN1. The molecule has 2 nitrogen and oxygen atoms in total. The minimum Gasteiger partial charge on any atom is -0.361 e. The van der Waals surface area contributed by atoms with Gasteiger partial charge in [0.1, 0.15) is 5.69 Å². The van der Waals surface area contributed by atoms with Crippen molar-refractivity contribution in [1.29, 1.82) is 0 Å². The molecule has 1 aromatic rings. The monoisotopic (exact) mass is 346 g/mol. The first-order valence-corrected chi connectivity index (χ1v) is 7.88. The summed E-state index contributed by atoms with van der Waals surface area (Å²) in [5.74, 6) is -1.02. The highest BCUT2D eigenvalue weighted by Gasteiger charge is 2.37. The van der Waals surface area contributed by atoms with Crippen molar-refractivity contribution in [3.05, 3.63) is 28.2 Å². The molecule has 0 bridgehead atoms. The molecule has 112 valence electrons. The van der Waals surface area contributed by atoms with E-state index in [1.165, 1.54) is 12.1 Å². The Bertz CT molecular complexity index is 466. The minimum atomic E-state index is -0.508. The van der Waals surface area contributed by atoms with Crippen molar-refractivity contribution in [2.45, 2.75) is 45.2 Å². The van der Waals surface area contributed by atoms with Crippen molar-refractivity contribution in [1.82, 2.24) is 5.32 Å². The van der Waals surface area contributed by atoms with E-state index in [1.807, 2.05) is 11.8 Å². The lowest BCUT2D eigenvalue weighted by Gasteiger charge is -2.47. The topological polar surface area (TPSA) is 15.3 Å². The Kier molecular flexibility index (Phi) is 4.69. The maximum atomic E-state index is 14.2. The zero-order valence-corrected chi connectivity index (χ0v) is 13.7. The fourth-order valence-corrected chi connectivity index (χ4v) is 3.25. The normalized spacial score (nSPS) is 22.1. The Labute approximate surface area is 127 Å². The minimum absolute atomic E-state index is 0.0615. The van der Waals surface area contributed by atoms with Gasteiger partial charge >= 0.3 is 0 Å². The van der Waals surface area contributed by atoms with Crippen LogP contribution < -0.4 is 10.2 Å². The second-order valence-corrected chi connectivity index (χ2v) is 6.48. The van der Waals surface area contributed by atoms with Gasteiger partial charge < -0.3 is 10.2 Å². The second-order valence-electron chi connectivity index (χ2n) is 5.56. The highest BCUT2D eigenvalue weighted by Crippen LogP contribution is 2.33. The molecule has 0 radical (unpaired) electrons. The van der Waals surface area contributed by atoms with E-state index in [2.05, 4.69) is 35.1 Å². The van der Waals surface area contributed by atoms with Gasteiger partial charge in [0.25, 0.3) is 0 Å². The van der Waals surface area contributed by atoms with Gasteiger partial charge in [-0.2, -0.15) is 0 Å². The van der Waals surface area contributed by atoms with Gasteiger partial charge in [-0.05, 0) is 31.9 Å². The molecular weight excluding hydrogens is 326 g/mol. The molecule has 0 saturated carbocycles. The Hall–Kier alpha value is -0.680. The standard InChI is InChI=1S/C15H21BrF2N2/c1-4-15(5-2)9-20(10(3)8-19-15)14-12(17)6-11(16)7-13(14)18/h6-7,10,19H,4-5,8-9H2,1-3H3. The molecule has 0 aliphatic carbocycles. The van der Waals surface area contributed by atoms with Crippen LogP contribution in [0.4, 0.5) is 14.5 Å². The molecule has 0 amide bonds. The summed E-state index contributed by atoms with van der Waals surface area (Å²) in [4.78, 5) is 1.86. The molecule has 1 saturated heterocycles. The van der Waals surface area contributed by atoms with Gasteiger partial charge in [0, 0.05) is 29.1 Å². The number of nitrogens with zero attached hydrogens (tertiary/aromatic N) is 1. The zero-order valence-electron chi connectivity index (χ0n) is 12.1. The van der Waals surface area contributed by atoms with E-state index in [9.17, 15) is 8.78 Å². The van der Waals surface area contributed by atoms with Crippen LogP contribution in [0.3, 0.4) is 0 Å². The Morgan fingerprint density at radius 3 is 2.35 bits per heavy atom. The van der Waals surface area contributed by atoms with E-state index >= 15 is 0 Å². The van der Waals surface area contributed by atoms with Gasteiger partial charge in [-0.25, -0.2) is 8.78 Å². The quantitative estimate of drug-likeness (QED) is 0.886. The lowest BCUT2D eigenvalue weighted by Crippen LogP contribution is -2.63. The largest absolute Gasteiger partial charge is 0.361 e. The average molecular weight is 347 g/mol. The molecule has 1 heterocycles. The van der Waals surface area contributed by atoms with E-state index < -0.39 is 11.6 Å². The molecule has 5 heteroatoms. The van der Waals surface area contributed by atoms with Crippen LogP contribution in [0.2, 0.25) is 0 Å². The predicted molar refractivity (Wildman–Crippen MR) is 82.2 cm³/mol. The zero-order chi connectivity index (χ0) is 14.9. The molecule has 0 spiro atoms. The predicted octanol–water partition coefficient (Wildman–Crippen LogP) is 4.08. The lowest BCUT2D eigenvalue weighted by molar-refractivity contribution is 0.251. The first kappa shape index (κ1) is 15.7. The van der Waals surface area contributed by atoms with Crippen molar-refractivity contribution >= 4 is 21.6 Å². The average Bonchev–Trinajstić information content (AvgIpc) is 2.40. The number of hydrogen-bond donors (Lipinski definition) is 1. The van der Waals surface area contributed by atoms with Crippen molar-refractivity contribution in [3.8, 4) is 0 Å². The van der Waals surface area contributed by atoms with Crippen LogP contribution in [0.25, 0.3) is 0 Å². The number of anilines is 1. The van der Waals surface area contributed by atoms with Crippen molar-refractivity contribution in [2.75, 3.05) is 18.0 Å². The van der Waals surface area contributed by atoms with Crippen LogP contribution in [0, 0.1) is 11.6 Å². The van der Waals surface area contributed by atoms with Crippen molar-refractivity contribution < 1.29 is 8.78 Å². The third kappa shape index (κ3) is 2.84. The number of rotatable bonds is 3. The van der Waals surface area contributed by atoms with Crippen LogP contribution in [0.15, 0.2) is 16.6 Å². The smallest absolute Gasteiger partial charge is 0.150 e. The number of hydrogen-bond acceptors (Lipinski definition) is 2. The summed E-state index contributed by atoms with van der Waals surface area (Å²) in [6, 6.07) is 2.71. The maximum Gasteiger partial charge on any atom is 0.150 e. The molecule has 1 atom stereocenters. The van der Waals surface area contributed by atoms with E-state index in [0.29, 0.717) is 11.0 Å². The first-order chi connectivity index (χ1) is 9.42. The number of halogens is 3. The van der Waals surface area contributed by atoms with Crippen LogP contribution >= 0.6 is 15.9 Å². The second kappa shape index (κ2) is 5.98. The highest BCUT2D eigenvalue weighted by atomic mass is 79.9. The van der Waals surface area contributed by atoms with Crippen LogP contribution in [0.5, 0.6) is 0 Å².